The SMILES string of the molecule is C=Cc1cc(C(=O)Cc2ccc(C(=N)CC(=O)OC(C)OC(C)=O)cc2)c(-c2ccc(C(=O)NCC3CC3)nc2C(=O)OCCO)cc1OC. The van der Waals surface area contributed by atoms with Crippen molar-refractivity contribution in [2.24, 2.45) is 5.92 Å². The maximum Gasteiger partial charge on any atom is 0.357 e. The highest BCUT2D eigenvalue weighted by molar-refractivity contribution is 6.09. The summed E-state index contributed by atoms with van der Waals surface area (Å²) < 4.78 is 20.5. The number of rotatable bonds is 17. The standard InChI is InChI=1S/C37H39N3O10/c1-5-25-17-29(32(43)16-23-8-10-26(11-9-23)30(38)19-34(44)50-22(3)49-21(2)42)28(18-33(25)47-4)27-12-13-31(36(45)39-20-24-6-7-24)40-35(27)37(46)48-15-14-41/h5,8-13,17-18,22,24,38,41H,1,6-7,14-16,19-20H2,2-4H3,(H,39,45). The Morgan fingerprint density at radius 2 is 1.78 bits per heavy atom. The molecule has 0 bridgehead atoms. The first kappa shape index (κ1) is 37.1. The van der Waals surface area contributed by atoms with E-state index in [0.717, 1.165) is 12.8 Å². The van der Waals surface area contributed by atoms with Crippen LogP contribution in [0.15, 0.2) is 55.1 Å². The smallest absolute Gasteiger partial charge is 0.357 e. The number of carbonyl (C=O) groups is 5. The van der Waals surface area contributed by atoms with Crippen molar-refractivity contribution >= 4 is 41.4 Å². The summed E-state index contributed by atoms with van der Waals surface area (Å²) in [7, 11) is 1.45. The number of Topliss-reactive ketones (excluding diaryl/α,β-unsaturated/α-hetero) is 1. The molecular formula is C37H39N3O10. The van der Waals surface area contributed by atoms with E-state index in [9.17, 15) is 29.1 Å². The van der Waals surface area contributed by atoms with Gasteiger partial charge in [0.15, 0.2) is 11.5 Å². The topological polar surface area (TPSA) is 191 Å². The number of methoxy groups -OCH3 is 1. The van der Waals surface area contributed by atoms with E-state index in [4.69, 9.17) is 24.4 Å². The third kappa shape index (κ3) is 9.92. The first-order chi connectivity index (χ1) is 23.9. The Bertz CT molecular complexity index is 1800. The van der Waals surface area contributed by atoms with E-state index in [0.29, 0.717) is 40.5 Å². The van der Waals surface area contributed by atoms with Crippen LogP contribution < -0.4 is 10.1 Å². The third-order valence-electron chi connectivity index (χ3n) is 7.69. The molecule has 13 nitrogen and oxygen atoms in total. The molecule has 1 aromatic heterocycles. The lowest BCUT2D eigenvalue weighted by molar-refractivity contribution is -0.181. The van der Waals surface area contributed by atoms with Crippen molar-refractivity contribution in [3.8, 4) is 16.9 Å². The Kier molecular flexibility index (Phi) is 12.7. The number of aliphatic hydroxyl groups excluding tert-OH is 1. The number of esters is 3. The second-order valence-electron chi connectivity index (χ2n) is 11.6. The lowest BCUT2D eigenvalue weighted by Crippen LogP contribution is -2.27. The summed E-state index contributed by atoms with van der Waals surface area (Å²) in [5, 5.41) is 20.4. The van der Waals surface area contributed by atoms with Gasteiger partial charge in [-0.1, -0.05) is 36.9 Å². The van der Waals surface area contributed by atoms with Crippen LogP contribution in [-0.2, 0) is 30.2 Å². The summed E-state index contributed by atoms with van der Waals surface area (Å²) in [5.41, 5.74) is 2.01. The fourth-order valence-electron chi connectivity index (χ4n) is 5.04. The molecule has 1 aliphatic rings. The molecule has 1 saturated carbocycles. The predicted molar refractivity (Wildman–Crippen MR) is 182 cm³/mol. The van der Waals surface area contributed by atoms with Gasteiger partial charge >= 0.3 is 17.9 Å². The minimum atomic E-state index is -1.09. The number of benzene rings is 2. The number of ether oxygens (including phenoxy) is 4. The second-order valence-corrected chi connectivity index (χ2v) is 11.6. The predicted octanol–water partition coefficient (Wildman–Crippen LogP) is 4.32. The van der Waals surface area contributed by atoms with Gasteiger partial charge < -0.3 is 34.8 Å². The highest BCUT2D eigenvalue weighted by atomic mass is 16.7. The molecule has 1 atom stereocenters. The van der Waals surface area contributed by atoms with Crippen LogP contribution in [0.1, 0.15) is 81.1 Å². The highest BCUT2D eigenvalue weighted by Gasteiger charge is 2.26. The molecule has 1 amide bonds. The molecule has 262 valence electrons. The van der Waals surface area contributed by atoms with Crippen molar-refractivity contribution in [2.75, 3.05) is 26.9 Å². The number of nitrogens with zero attached hydrogens (tertiary/aromatic N) is 1. The van der Waals surface area contributed by atoms with Crippen LogP contribution in [-0.4, -0.2) is 78.6 Å². The van der Waals surface area contributed by atoms with Crippen molar-refractivity contribution in [3.05, 3.63) is 88.8 Å². The van der Waals surface area contributed by atoms with Gasteiger partial charge in [0.2, 0.25) is 6.29 Å². The molecule has 3 aromatic rings. The number of hydrogen-bond donors (Lipinski definition) is 3. The molecule has 1 heterocycles. The van der Waals surface area contributed by atoms with Crippen LogP contribution in [0.2, 0.25) is 0 Å². The fraction of sp³-hybridized carbons (Fsp3) is 0.324. The van der Waals surface area contributed by atoms with Crippen molar-refractivity contribution in [3.63, 3.8) is 0 Å². The molecule has 1 unspecified atom stereocenters. The van der Waals surface area contributed by atoms with E-state index in [2.05, 4.69) is 16.9 Å². The fourth-order valence-corrected chi connectivity index (χ4v) is 5.04. The van der Waals surface area contributed by atoms with Gasteiger partial charge in [-0.25, -0.2) is 9.78 Å². The van der Waals surface area contributed by atoms with E-state index < -0.39 is 36.7 Å². The third-order valence-corrected chi connectivity index (χ3v) is 7.69. The zero-order valence-electron chi connectivity index (χ0n) is 28.1. The molecule has 0 radical (unpaired) electrons. The number of carbonyl (C=O) groups excluding carboxylic acids is 5. The number of pyridine rings is 1. The summed E-state index contributed by atoms with van der Waals surface area (Å²) in [6, 6.07) is 12.7. The van der Waals surface area contributed by atoms with E-state index in [1.165, 1.54) is 39.2 Å². The molecule has 50 heavy (non-hydrogen) atoms. The average Bonchev–Trinajstić information content (AvgIpc) is 3.93. The maximum atomic E-state index is 14.0. The Morgan fingerprint density at radius 1 is 1.06 bits per heavy atom. The largest absolute Gasteiger partial charge is 0.496 e. The van der Waals surface area contributed by atoms with E-state index in [1.807, 2.05) is 0 Å². The minimum Gasteiger partial charge on any atom is -0.496 e. The maximum absolute atomic E-state index is 14.0. The first-order valence-corrected chi connectivity index (χ1v) is 15.9. The molecule has 0 spiro atoms. The molecule has 4 rings (SSSR count). The number of amides is 1. The van der Waals surface area contributed by atoms with E-state index >= 15 is 0 Å². The Labute approximate surface area is 289 Å². The number of aromatic nitrogens is 1. The normalized spacial score (nSPS) is 12.6. The van der Waals surface area contributed by atoms with Gasteiger partial charge in [-0.3, -0.25) is 19.2 Å². The molecule has 2 aromatic carbocycles. The van der Waals surface area contributed by atoms with Crippen LogP contribution in [0.5, 0.6) is 5.75 Å². The van der Waals surface area contributed by atoms with Crippen molar-refractivity contribution < 1.29 is 48.0 Å². The molecule has 13 heteroatoms. The van der Waals surface area contributed by atoms with E-state index in [-0.39, 0.29) is 53.5 Å². The van der Waals surface area contributed by atoms with Gasteiger partial charge in [-0.2, -0.15) is 0 Å². The molecule has 1 fully saturated rings. The second kappa shape index (κ2) is 17.1. The monoisotopic (exact) mass is 685 g/mol. The Hall–Kier alpha value is -5.69. The van der Waals surface area contributed by atoms with Crippen LogP contribution in [0.3, 0.4) is 0 Å². The zero-order valence-corrected chi connectivity index (χ0v) is 28.1. The average molecular weight is 686 g/mol. The minimum absolute atomic E-state index is 0.00859. The van der Waals surface area contributed by atoms with Crippen molar-refractivity contribution in [1.82, 2.24) is 10.3 Å². The van der Waals surface area contributed by atoms with Gasteiger partial charge in [0.25, 0.3) is 5.91 Å². The van der Waals surface area contributed by atoms with Crippen LogP contribution in [0.25, 0.3) is 17.2 Å². The van der Waals surface area contributed by atoms with Crippen molar-refractivity contribution in [1.29, 1.82) is 5.41 Å². The zero-order chi connectivity index (χ0) is 36.4. The quantitative estimate of drug-likeness (QED) is 0.0793. The number of hydrogen-bond acceptors (Lipinski definition) is 12. The lowest BCUT2D eigenvalue weighted by Gasteiger charge is -2.17. The van der Waals surface area contributed by atoms with Gasteiger partial charge in [-0.05, 0) is 59.7 Å². The molecule has 1 aliphatic carbocycles. The molecular weight excluding hydrogens is 646 g/mol. The summed E-state index contributed by atoms with van der Waals surface area (Å²) >= 11 is 0. The number of nitrogens with one attached hydrogen (secondary N) is 2. The summed E-state index contributed by atoms with van der Waals surface area (Å²) in [6.45, 7) is 6.18. The van der Waals surface area contributed by atoms with Gasteiger partial charge in [-0.15, -0.1) is 0 Å². The lowest BCUT2D eigenvalue weighted by atomic mass is 9.90. The Morgan fingerprint density at radius 3 is 2.40 bits per heavy atom. The summed E-state index contributed by atoms with van der Waals surface area (Å²) in [5.74, 6) is -2.23. The highest BCUT2D eigenvalue weighted by Crippen LogP contribution is 2.35. The van der Waals surface area contributed by atoms with Crippen LogP contribution in [0, 0.1) is 11.3 Å². The number of aliphatic hydroxyl groups is 1. The van der Waals surface area contributed by atoms with Gasteiger partial charge in [0.1, 0.15) is 18.1 Å². The molecule has 3 N–H and O–H groups in total. The number of ketones is 1. The van der Waals surface area contributed by atoms with Crippen LogP contribution >= 0.6 is 0 Å². The van der Waals surface area contributed by atoms with Gasteiger partial charge in [0, 0.05) is 49.2 Å². The van der Waals surface area contributed by atoms with E-state index in [1.54, 1.807) is 36.4 Å². The first-order valence-electron chi connectivity index (χ1n) is 15.9. The van der Waals surface area contributed by atoms with Crippen molar-refractivity contribution in [2.45, 2.75) is 45.8 Å². The molecule has 0 saturated heterocycles. The van der Waals surface area contributed by atoms with Gasteiger partial charge in [0.05, 0.1) is 20.1 Å². The summed E-state index contributed by atoms with van der Waals surface area (Å²) in [4.78, 5) is 67.6. The summed E-state index contributed by atoms with van der Waals surface area (Å²) in [6.07, 6.45) is 2.08. The molecule has 0 aliphatic heterocycles. The Balaban J connectivity index is 1.63. The van der Waals surface area contributed by atoms with Crippen LogP contribution in [0.4, 0.5) is 0 Å².